The van der Waals surface area contributed by atoms with Crippen LogP contribution in [-0.4, -0.2) is 34.3 Å². The number of hydrogen-bond donors (Lipinski definition) is 1. The number of phenols is 1. The van der Waals surface area contributed by atoms with E-state index in [1.54, 1.807) is 18.2 Å². The molecule has 2 amide bonds. The molecule has 4 rings (SSSR count). The topological polar surface area (TPSA) is 66.8 Å². The van der Waals surface area contributed by atoms with Gasteiger partial charge in [-0.1, -0.05) is 36.4 Å². The van der Waals surface area contributed by atoms with Gasteiger partial charge in [0.1, 0.15) is 18.1 Å². The van der Waals surface area contributed by atoms with Crippen LogP contribution in [-0.2, 0) is 4.79 Å². The number of benzene rings is 3. The van der Waals surface area contributed by atoms with Crippen molar-refractivity contribution in [2.45, 2.75) is 0 Å². The number of imide groups is 1. The van der Waals surface area contributed by atoms with Gasteiger partial charge in [-0.15, -0.1) is 0 Å². The summed E-state index contributed by atoms with van der Waals surface area (Å²) in [6.07, 6.45) is 1.68. The number of rotatable bonds is 5. The van der Waals surface area contributed by atoms with Crippen LogP contribution in [0.3, 0.4) is 0 Å². The minimum absolute atomic E-state index is 0.176. The van der Waals surface area contributed by atoms with E-state index in [0.717, 1.165) is 33.8 Å². The number of thioether (sulfide) groups is 1. The summed E-state index contributed by atoms with van der Waals surface area (Å²) < 4.78 is 7.25. The maximum Gasteiger partial charge on any atom is 0.293 e. The molecule has 0 saturated carbocycles. The highest BCUT2D eigenvalue weighted by Gasteiger charge is 2.34. The smallest absolute Gasteiger partial charge is 0.293 e. The summed E-state index contributed by atoms with van der Waals surface area (Å²) in [6, 6.07) is 17.3. The van der Waals surface area contributed by atoms with Crippen molar-refractivity contribution in [1.29, 1.82) is 0 Å². The first-order chi connectivity index (χ1) is 14.4. The molecule has 152 valence electrons. The molecule has 0 aliphatic carbocycles. The molecule has 3 aromatic carbocycles. The molecule has 0 spiro atoms. The third-order valence-electron chi connectivity index (χ3n) is 4.53. The fourth-order valence-electron chi connectivity index (χ4n) is 3.08. The SMILES string of the molecule is O=C1S/C(=C\c2cc(I)c(O)c(I)c2)C(=O)N1CCOc1cccc2ccccc12. The molecule has 1 aliphatic rings. The van der Waals surface area contributed by atoms with E-state index >= 15 is 0 Å². The second-order valence-electron chi connectivity index (χ2n) is 6.49. The molecule has 5 nitrogen and oxygen atoms in total. The number of ether oxygens (including phenoxy) is 1. The van der Waals surface area contributed by atoms with Crippen LogP contribution in [0.1, 0.15) is 5.56 Å². The number of aromatic hydroxyl groups is 1. The molecule has 0 radical (unpaired) electrons. The van der Waals surface area contributed by atoms with Crippen molar-refractivity contribution in [3.63, 3.8) is 0 Å². The van der Waals surface area contributed by atoms with E-state index in [9.17, 15) is 14.7 Å². The molecule has 1 heterocycles. The van der Waals surface area contributed by atoms with E-state index in [1.807, 2.05) is 87.6 Å². The van der Waals surface area contributed by atoms with Gasteiger partial charge in [0.15, 0.2) is 0 Å². The molecule has 1 saturated heterocycles. The first-order valence-corrected chi connectivity index (χ1v) is 12.0. The third kappa shape index (κ3) is 4.45. The molecule has 1 N–H and O–H groups in total. The van der Waals surface area contributed by atoms with Crippen LogP contribution in [0.25, 0.3) is 16.8 Å². The number of nitrogens with zero attached hydrogens (tertiary/aromatic N) is 1. The van der Waals surface area contributed by atoms with Crippen LogP contribution in [0, 0.1) is 7.14 Å². The number of amides is 2. The van der Waals surface area contributed by atoms with E-state index in [-0.39, 0.29) is 30.0 Å². The summed E-state index contributed by atoms with van der Waals surface area (Å²) in [6.45, 7) is 0.393. The van der Waals surface area contributed by atoms with Gasteiger partial charge in [-0.25, -0.2) is 0 Å². The van der Waals surface area contributed by atoms with Gasteiger partial charge in [-0.2, -0.15) is 0 Å². The number of halogens is 2. The zero-order valence-corrected chi connectivity index (χ0v) is 20.6. The van der Waals surface area contributed by atoms with E-state index < -0.39 is 0 Å². The van der Waals surface area contributed by atoms with Gasteiger partial charge < -0.3 is 9.84 Å². The average molecular weight is 643 g/mol. The lowest BCUT2D eigenvalue weighted by Crippen LogP contribution is -2.32. The summed E-state index contributed by atoms with van der Waals surface area (Å²) in [7, 11) is 0. The second-order valence-corrected chi connectivity index (χ2v) is 9.81. The number of phenolic OH excluding ortho intramolecular Hbond substituents is 1. The average Bonchev–Trinajstić information content (AvgIpc) is 2.99. The van der Waals surface area contributed by atoms with Crippen molar-refractivity contribution >= 4 is 84.9 Å². The molecule has 1 fully saturated rings. The molecule has 3 aromatic rings. The van der Waals surface area contributed by atoms with E-state index in [0.29, 0.717) is 12.0 Å². The highest BCUT2D eigenvalue weighted by atomic mass is 127. The summed E-state index contributed by atoms with van der Waals surface area (Å²) >= 11 is 4.99. The summed E-state index contributed by atoms with van der Waals surface area (Å²) in [5, 5.41) is 11.7. The Kier molecular flexibility index (Phi) is 6.54. The molecular formula is C22H15I2NO4S. The number of carbonyl (C=O) groups excluding carboxylic acids is 2. The third-order valence-corrected chi connectivity index (χ3v) is 7.08. The van der Waals surface area contributed by atoms with E-state index in [2.05, 4.69) is 0 Å². The largest absolute Gasteiger partial charge is 0.506 e. The van der Waals surface area contributed by atoms with Gasteiger partial charge in [0.25, 0.3) is 11.1 Å². The molecule has 8 heteroatoms. The Morgan fingerprint density at radius 1 is 1.03 bits per heavy atom. The Bertz CT molecular complexity index is 1170. The number of hydrogen-bond acceptors (Lipinski definition) is 5. The fraction of sp³-hybridized carbons (Fsp3) is 0.0909. The first kappa shape index (κ1) is 21.4. The molecule has 1 aliphatic heterocycles. The molecule has 30 heavy (non-hydrogen) atoms. The molecule has 0 aromatic heterocycles. The van der Waals surface area contributed by atoms with Crippen LogP contribution in [0.15, 0.2) is 59.5 Å². The minimum Gasteiger partial charge on any atom is -0.506 e. The summed E-state index contributed by atoms with van der Waals surface area (Å²) in [4.78, 5) is 26.6. The predicted octanol–water partition coefficient (Wildman–Crippen LogP) is 5.87. The highest BCUT2D eigenvalue weighted by molar-refractivity contribution is 14.1. The fourth-order valence-corrected chi connectivity index (χ4v) is 5.76. The zero-order valence-electron chi connectivity index (χ0n) is 15.5. The van der Waals surface area contributed by atoms with Crippen LogP contribution in [0.4, 0.5) is 4.79 Å². The second kappa shape index (κ2) is 9.15. The number of fused-ring (bicyclic) bond motifs is 1. The Balaban J connectivity index is 1.46. The monoisotopic (exact) mass is 643 g/mol. The van der Waals surface area contributed by atoms with Crippen molar-refractivity contribution in [2.24, 2.45) is 0 Å². The predicted molar refractivity (Wildman–Crippen MR) is 136 cm³/mol. The van der Waals surface area contributed by atoms with Crippen molar-refractivity contribution in [3.8, 4) is 11.5 Å². The number of carbonyl (C=O) groups is 2. The molecule has 0 bridgehead atoms. The lowest BCUT2D eigenvalue weighted by Gasteiger charge is -2.14. The standard InChI is InChI=1S/C22H15I2NO4S/c23-16-10-13(11-17(24)20(16)26)12-19-21(27)25(22(28)30-19)8-9-29-18-7-3-5-14-4-1-2-6-15(14)18/h1-7,10-12,26H,8-9H2/b19-12-. The lowest BCUT2D eigenvalue weighted by atomic mass is 10.1. The van der Waals surface area contributed by atoms with Gasteiger partial charge in [0.2, 0.25) is 0 Å². The van der Waals surface area contributed by atoms with Crippen molar-refractivity contribution < 1.29 is 19.4 Å². The quantitative estimate of drug-likeness (QED) is 0.279. The van der Waals surface area contributed by atoms with Crippen molar-refractivity contribution in [2.75, 3.05) is 13.2 Å². The molecule has 0 atom stereocenters. The van der Waals surface area contributed by atoms with Gasteiger partial charge >= 0.3 is 0 Å². The van der Waals surface area contributed by atoms with Crippen molar-refractivity contribution in [1.82, 2.24) is 4.90 Å². The Labute approximate surface area is 204 Å². The first-order valence-electron chi connectivity index (χ1n) is 8.98. The molecular weight excluding hydrogens is 628 g/mol. The van der Waals surface area contributed by atoms with Crippen LogP contribution in [0.2, 0.25) is 0 Å². The highest BCUT2D eigenvalue weighted by Crippen LogP contribution is 2.34. The zero-order chi connectivity index (χ0) is 21.3. The van der Waals surface area contributed by atoms with Gasteiger partial charge in [-0.3, -0.25) is 14.5 Å². The van der Waals surface area contributed by atoms with Crippen LogP contribution >= 0.6 is 56.9 Å². The lowest BCUT2D eigenvalue weighted by molar-refractivity contribution is -0.123. The Morgan fingerprint density at radius 2 is 1.73 bits per heavy atom. The Hall–Kier alpha value is -1.79. The normalized spacial score (nSPS) is 15.4. The van der Waals surface area contributed by atoms with Crippen molar-refractivity contribution in [3.05, 3.63) is 72.2 Å². The maximum absolute atomic E-state index is 12.7. The van der Waals surface area contributed by atoms with Gasteiger partial charge in [0.05, 0.1) is 18.6 Å². The Morgan fingerprint density at radius 3 is 2.50 bits per heavy atom. The summed E-state index contributed by atoms with van der Waals surface area (Å²) in [5.41, 5.74) is 0.763. The maximum atomic E-state index is 12.7. The van der Waals surface area contributed by atoms with Gasteiger partial charge in [-0.05, 0) is 92.2 Å². The summed E-state index contributed by atoms with van der Waals surface area (Å²) in [5.74, 6) is 0.612. The van der Waals surface area contributed by atoms with E-state index in [1.165, 1.54) is 4.90 Å². The minimum atomic E-state index is -0.329. The molecule has 0 unspecified atom stereocenters. The van der Waals surface area contributed by atoms with Crippen LogP contribution in [0.5, 0.6) is 11.5 Å². The van der Waals surface area contributed by atoms with Gasteiger partial charge in [0, 0.05) is 5.39 Å². The van der Waals surface area contributed by atoms with E-state index in [4.69, 9.17) is 4.74 Å². The van der Waals surface area contributed by atoms with Crippen LogP contribution < -0.4 is 4.74 Å².